The Labute approximate surface area is 130 Å². The van der Waals surface area contributed by atoms with Gasteiger partial charge in [0, 0.05) is 7.05 Å². The Morgan fingerprint density at radius 2 is 2.27 bits per heavy atom. The molecule has 4 heterocycles. The molecule has 0 fully saturated rings. The molecule has 1 N–H and O–H groups in total. The topological polar surface area (TPSA) is 74.1 Å². The molecule has 0 aromatic carbocycles. The van der Waals surface area contributed by atoms with Gasteiger partial charge in [-0.25, -0.2) is 9.97 Å². The highest BCUT2D eigenvalue weighted by Gasteiger charge is 2.18. The molecule has 0 aliphatic carbocycles. The molecule has 0 spiro atoms. The van der Waals surface area contributed by atoms with Crippen molar-refractivity contribution in [1.82, 2.24) is 19.7 Å². The van der Waals surface area contributed by atoms with Crippen LogP contribution in [0.25, 0.3) is 21.7 Å². The third-order valence-corrected chi connectivity index (χ3v) is 4.17. The SMILES string of the molecule is Cc1nn(C)c2c(NC3=COCO3)nc(-c3cccs3)nc12. The maximum Gasteiger partial charge on any atom is 0.232 e. The predicted octanol–water partition coefficient (Wildman–Crippen LogP) is 2.62. The van der Waals surface area contributed by atoms with E-state index in [1.54, 1.807) is 16.0 Å². The predicted molar refractivity (Wildman–Crippen MR) is 83.1 cm³/mol. The van der Waals surface area contributed by atoms with Crippen LogP contribution >= 0.6 is 11.3 Å². The molecule has 0 saturated carbocycles. The van der Waals surface area contributed by atoms with E-state index in [0.717, 1.165) is 21.6 Å². The summed E-state index contributed by atoms with van der Waals surface area (Å²) in [7, 11) is 1.87. The summed E-state index contributed by atoms with van der Waals surface area (Å²) >= 11 is 1.60. The second kappa shape index (κ2) is 4.99. The van der Waals surface area contributed by atoms with Gasteiger partial charge in [-0.3, -0.25) is 4.68 Å². The lowest BCUT2D eigenvalue weighted by molar-refractivity contribution is 0.0823. The smallest absolute Gasteiger partial charge is 0.232 e. The Hall–Kier alpha value is -2.61. The highest BCUT2D eigenvalue weighted by atomic mass is 32.1. The van der Waals surface area contributed by atoms with E-state index in [4.69, 9.17) is 9.47 Å². The summed E-state index contributed by atoms with van der Waals surface area (Å²) in [4.78, 5) is 10.3. The number of aromatic nitrogens is 4. The Kier molecular flexibility index (Phi) is 2.97. The molecule has 0 saturated heterocycles. The second-order valence-electron chi connectivity index (χ2n) is 4.82. The number of nitrogens with zero attached hydrogens (tertiary/aromatic N) is 4. The van der Waals surface area contributed by atoms with Crippen molar-refractivity contribution in [3.63, 3.8) is 0 Å². The van der Waals surface area contributed by atoms with E-state index in [-0.39, 0.29) is 6.79 Å². The fourth-order valence-electron chi connectivity index (χ4n) is 2.36. The fourth-order valence-corrected chi connectivity index (χ4v) is 3.02. The first kappa shape index (κ1) is 13.1. The van der Waals surface area contributed by atoms with Crippen LogP contribution in [0, 0.1) is 6.92 Å². The normalized spacial score (nSPS) is 13.8. The molecule has 112 valence electrons. The van der Waals surface area contributed by atoms with Gasteiger partial charge in [0.15, 0.2) is 11.6 Å². The van der Waals surface area contributed by atoms with Crippen LogP contribution < -0.4 is 5.32 Å². The first-order valence-corrected chi connectivity index (χ1v) is 7.57. The maximum atomic E-state index is 5.32. The minimum absolute atomic E-state index is 0.207. The third-order valence-electron chi connectivity index (χ3n) is 3.31. The van der Waals surface area contributed by atoms with E-state index in [9.17, 15) is 0 Å². The van der Waals surface area contributed by atoms with E-state index < -0.39 is 0 Å². The van der Waals surface area contributed by atoms with Crippen molar-refractivity contribution < 1.29 is 9.47 Å². The molecule has 1 aliphatic rings. The number of ether oxygens (including phenoxy) is 2. The Morgan fingerprint density at radius 3 is 3.00 bits per heavy atom. The van der Waals surface area contributed by atoms with Gasteiger partial charge in [0.2, 0.25) is 12.7 Å². The Morgan fingerprint density at radius 1 is 1.36 bits per heavy atom. The van der Waals surface area contributed by atoms with Crippen LogP contribution in [-0.2, 0) is 16.5 Å². The van der Waals surface area contributed by atoms with Gasteiger partial charge in [0.1, 0.15) is 17.3 Å². The van der Waals surface area contributed by atoms with Gasteiger partial charge in [-0.05, 0) is 18.4 Å². The molecule has 8 heteroatoms. The van der Waals surface area contributed by atoms with Crippen LogP contribution in [0.4, 0.5) is 5.82 Å². The quantitative estimate of drug-likeness (QED) is 0.801. The Balaban J connectivity index is 1.91. The number of hydrogen-bond donors (Lipinski definition) is 1. The van der Waals surface area contributed by atoms with Crippen molar-refractivity contribution >= 4 is 28.2 Å². The van der Waals surface area contributed by atoms with Crippen molar-refractivity contribution in [3.05, 3.63) is 35.4 Å². The third kappa shape index (κ3) is 2.08. The molecule has 0 radical (unpaired) electrons. The van der Waals surface area contributed by atoms with Crippen LogP contribution in [-0.4, -0.2) is 26.5 Å². The van der Waals surface area contributed by atoms with Crippen molar-refractivity contribution in [2.45, 2.75) is 6.92 Å². The number of thiophene rings is 1. The van der Waals surface area contributed by atoms with E-state index in [1.807, 2.05) is 31.5 Å². The van der Waals surface area contributed by atoms with Crippen molar-refractivity contribution in [3.8, 4) is 10.7 Å². The molecule has 3 aromatic heterocycles. The monoisotopic (exact) mass is 315 g/mol. The molecular weight excluding hydrogens is 302 g/mol. The number of hydrogen-bond acceptors (Lipinski definition) is 7. The molecule has 1 aliphatic heterocycles. The zero-order valence-corrected chi connectivity index (χ0v) is 12.8. The summed E-state index contributed by atoms with van der Waals surface area (Å²) in [6, 6.07) is 3.98. The fraction of sp³-hybridized carbons (Fsp3) is 0.214. The van der Waals surface area contributed by atoms with Crippen LogP contribution in [0.5, 0.6) is 0 Å². The summed E-state index contributed by atoms with van der Waals surface area (Å²) in [5.41, 5.74) is 2.51. The molecule has 3 aromatic rings. The first-order valence-electron chi connectivity index (χ1n) is 6.69. The lowest BCUT2D eigenvalue weighted by Gasteiger charge is -2.08. The molecule has 0 atom stereocenters. The van der Waals surface area contributed by atoms with Crippen molar-refractivity contribution in [2.75, 3.05) is 12.1 Å². The summed E-state index contributed by atoms with van der Waals surface area (Å²) in [5.74, 6) is 1.84. The lowest BCUT2D eigenvalue weighted by Crippen LogP contribution is -2.06. The highest BCUT2D eigenvalue weighted by molar-refractivity contribution is 7.13. The van der Waals surface area contributed by atoms with E-state index in [2.05, 4.69) is 20.4 Å². The minimum Gasteiger partial charge on any atom is -0.459 e. The minimum atomic E-state index is 0.207. The van der Waals surface area contributed by atoms with E-state index in [1.165, 1.54) is 6.26 Å². The molecule has 4 rings (SSSR count). The van der Waals surface area contributed by atoms with Gasteiger partial charge in [0.25, 0.3) is 0 Å². The molecule has 0 unspecified atom stereocenters. The highest BCUT2D eigenvalue weighted by Crippen LogP contribution is 2.29. The van der Waals surface area contributed by atoms with Gasteiger partial charge in [-0.15, -0.1) is 11.3 Å². The van der Waals surface area contributed by atoms with Gasteiger partial charge >= 0.3 is 0 Å². The average Bonchev–Trinajstić information content (AvgIpc) is 3.22. The Bertz CT molecular complexity index is 869. The largest absolute Gasteiger partial charge is 0.459 e. The van der Waals surface area contributed by atoms with Crippen LogP contribution in [0.15, 0.2) is 29.7 Å². The van der Waals surface area contributed by atoms with Gasteiger partial charge in [0.05, 0.1) is 10.6 Å². The van der Waals surface area contributed by atoms with Gasteiger partial charge in [-0.2, -0.15) is 5.10 Å². The lowest BCUT2D eigenvalue weighted by atomic mass is 10.3. The summed E-state index contributed by atoms with van der Waals surface area (Å²) in [6.45, 7) is 2.14. The van der Waals surface area contributed by atoms with Crippen molar-refractivity contribution in [1.29, 1.82) is 0 Å². The zero-order valence-electron chi connectivity index (χ0n) is 12.0. The summed E-state index contributed by atoms with van der Waals surface area (Å²) in [5, 5.41) is 9.58. The van der Waals surface area contributed by atoms with Gasteiger partial charge < -0.3 is 14.8 Å². The number of aryl methyl sites for hydroxylation is 2. The average molecular weight is 315 g/mol. The molecular formula is C14H13N5O2S. The first-order chi connectivity index (χ1) is 10.7. The zero-order chi connectivity index (χ0) is 15.1. The van der Waals surface area contributed by atoms with Crippen LogP contribution in [0.1, 0.15) is 5.69 Å². The second-order valence-corrected chi connectivity index (χ2v) is 5.76. The van der Waals surface area contributed by atoms with E-state index >= 15 is 0 Å². The van der Waals surface area contributed by atoms with Crippen molar-refractivity contribution in [2.24, 2.45) is 7.05 Å². The summed E-state index contributed by atoms with van der Waals surface area (Å²) < 4.78 is 12.2. The molecule has 0 amide bonds. The van der Waals surface area contributed by atoms with Crippen LogP contribution in [0.2, 0.25) is 0 Å². The standard InChI is InChI=1S/C14H13N5O2S/c1-8-11-12(19(2)18-8)14(15-10-6-20-7-21-10)17-13(16-11)9-4-3-5-22-9/h3-6H,7H2,1-2H3,(H,15,16,17). The molecule has 0 bridgehead atoms. The maximum absolute atomic E-state index is 5.32. The van der Waals surface area contributed by atoms with Gasteiger partial charge in [-0.1, -0.05) is 6.07 Å². The number of rotatable bonds is 3. The number of fused-ring (bicyclic) bond motifs is 1. The number of nitrogens with one attached hydrogen (secondary N) is 1. The summed E-state index contributed by atoms with van der Waals surface area (Å²) in [6.07, 6.45) is 1.53. The molecule has 7 nitrogen and oxygen atoms in total. The molecule has 22 heavy (non-hydrogen) atoms. The van der Waals surface area contributed by atoms with E-state index in [0.29, 0.717) is 17.5 Å². The van der Waals surface area contributed by atoms with Crippen LogP contribution in [0.3, 0.4) is 0 Å². The number of anilines is 1.